The summed E-state index contributed by atoms with van der Waals surface area (Å²) < 4.78 is 11.0. The molecular formula is C23H26N2O5. The third kappa shape index (κ3) is 4.04. The Balaban J connectivity index is 1.27. The van der Waals surface area contributed by atoms with Gasteiger partial charge in [0.05, 0.1) is 18.2 Å². The second-order valence-electron chi connectivity index (χ2n) is 7.67. The van der Waals surface area contributed by atoms with E-state index >= 15 is 0 Å². The summed E-state index contributed by atoms with van der Waals surface area (Å²) in [6, 6.07) is 14.2. The maximum absolute atomic E-state index is 12.7. The summed E-state index contributed by atoms with van der Waals surface area (Å²) in [6.45, 7) is 2.07. The lowest BCUT2D eigenvalue weighted by molar-refractivity contribution is 0.0368. The van der Waals surface area contributed by atoms with Crippen molar-refractivity contribution in [2.75, 3.05) is 33.4 Å². The van der Waals surface area contributed by atoms with Crippen molar-refractivity contribution >= 4 is 11.8 Å². The Morgan fingerprint density at radius 1 is 0.967 bits per heavy atom. The molecule has 7 nitrogen and oxygen atoms in total. The van der Waals surface area contributed by atoms with Gasteiger partial charge in [-0.2, -0.15) is 0 Å². The molecule has 1 saturated heterocycles. The van der Waals surface area contributed by atoms with Gasteiger partial charge in [-0.15, -0.1) is 0 Å². The molecule has 1 N–H and O–H groups in total. The van der Waals surface area contributed by atoms with Gasteiger partial charge in [-0.3, -0.25) is 14.5 Å². The lowest BCUT2D eigenvalue weighted by Crippen LogP contribution is -2.49. The van der Waals surface area contributed by atoms with Gasteiger partial charge in [-0.1, -0.05) is 24.3 Å². The zero-order valence-electron chi connectivity index (χ0n) is 17.0. The van der Waals surface area contributed by atoms with Crippen molar-refractivity contribution in [1.29, 1.82) is 0 Å². The molecule has 4 rings (SSSR count). The van der Waals surface area contributed by atoms with Crippen LogP contribution in [0.4, 0.5) is 0 Å². The first kappa shape index (κ1) is 20.4. The number of fused-ring (bicyclic) bond motifs is 1. The van der Waals surface area contributed by atoms with Crippen LogP contribution in [0.3, 0.4) is 0 Å². The van der Waals surface area contributed by atoms with E-state index in [9.17, 15) is 14.7 Å². The number of hydrogen-bond donors (Lipinski definition) is 1. The number of hydrogen-bond acceptors (Lipinski definition) is 6. The van der Waals surface area contributed by atoms with E-state index in [-0.39, 0.29) is 24.5 Å². The topological polar surface area (TPSA) is 79.3 Å². The van der Waals surface area contributed by atoms with Crippen LogP contribution in [0.1, 0.15) is 33.6 Å². The molecule has 2 aliphatic rings. The van der Waals surface area contributed by atoms with E-state index < -0.39 is 6.10 Å². The smallest absolute Gasteiger partial charge is 0.261 e. The summed E-state index contributed by atoms with van der Waals surface area (Å²) in [7, 11) is 1.58. The number of likely N-dealkylation sites (tertiary alicyclic amines) is 1. The Morgan fingerprint density at radius 3 is 2.13 bits per heavy atom. The molecule has 1 unspecified atom stereocenters. The van der Waals surface area contributed by atoms with Gasteiger partial charge in [0, 0.05) is 25.7 Å². The van der Waals surface area contributed by atoms with Crippen LogP contribution in [0.25, 0.3) is 0 Å². The number of rotatable bonds is 7. The van der Waals surface area contributed by atoms with Crippen LogP contribution in [0, 0.1) is 0 Å². The van der Waals surface area contributed by atoms with Gasteiger partial charge in [-0.25, -0.2) is 0 Å². The molecule has 158 valence electrons. The summed E-state index contributed by atoms with van der Waals surface area (Å²) in [5.41, 5.74) is 0.989. The third-order valence-corrected chi connectivity index (χ3v) is 5.72. The quantitative estimate of drug-likeness (QED) is 0.705. The van der Waals surface area contributed by atoms with Gasteiger partial charge in [0.1, 0.15) is 12.7 Å². The Kier molecular flexibility index (Phi) is 6.01. The number of benzene rings is 2. The number of piperidine rings is 1. The lowest BCUT2D eigenvalue weighted by atomic mass is 10.0. The summed E-state index contributed by atoms with van der Waals surface area (Å²) in [5, 5.41) is 10.4. The lowest BCUT2D eigenvalue weighted by Gasteiger charge is -2.36. The standard InChI is InChI=1S/C23H26N2O5/c1-29-20-8-4-5-9-21(20)30-15-17(26)14-24-12-10-16(11-13-24)25-22(27)18-6-2-3-7-19(18)23(25)28/h2-9,16-17,26H,10-15H2,1H3. The molecule has 2 heterocycles. The molecule has 0 aliphatic carbocycles. The molecule has 1 fully saturated rings. The van der Waals surface area contributed by atoms with Crippen LogP contribution in [0.5, 0.6) is 11.5 Å². The number of carbonyl (C=O) groups excluding carboxylic acids is 2. The van der Waals surface area contributed by atoms with Gasteiger partial charge < -0.3 is 19.5 Å². The first-order valence-corrected chi connectivity index (χ1v) is 10.2. The predicted octanol–water partition coefficient (Wildman–Crippen LogP) is 2.20. The fraction of sp³-hybridized carbons (Fsp3) is 0.391. The highest BCUT2D eigenvalue weighted by Crippen LogP contribution is 2.29. The highest BCUT2D eigenvalue weighted by atomic mass is 16.5. The van der Waals surface area contributed by atoms with Gasteiger partial charge in [0.25, 0.3) is 11.8 Å². The van der Waals surface area contributed by atoms with Gasteiger partial charge in [-0.05, 0) is 37.1 Å². The van der Waals surface area contributed by atoms with E-state index in [2.05, 4.69) is 4.90 Å². The minimum absolute atomic E-state index is 0.101. The van der Waals surface area contributed by atoms with Crippen molar-refractivity contribution in [2.24, 2.45) is 0 Å². The number of β-amino-alcohol motifs (C(OH)–C–C–N with tert-alkyl or cyclic N) is 1. The van der Waals surface area contributed by atoms with Crippen LogP contribution in [-0.2, 0) is 0 Å². The predicted molar refractivity (Wildman–Crippen MR) is 111 cm³/mol. The molecule has 2 amide bonds. The number of aliphatic hydroxyl groups excluding tert-OH is 1. The Bertz CT molecular complexity index is 888. The SMILES string of the molecule is COc1ccccc1OCC(O)CN1CCC(N2C(=O)c3ccccc3C2=O)CC1. The Morgan fingerprint density at radius 2 is 1.53 bits per heavy atom. The van der Waals surface area contributed by atoms with Crippen molar-refractivity contribution in [3.8, 4) is 11.5 Å². The molecule has 1 atom stereocenters. The number of imide groups is 1. The number of aliphatic hydroxyl groups is 1. The maximum Gasteiger partial charge on any atom is 0.261 e. The Hall–Kier alpha value is -2.90. The molecule has 0 saturated carbocycles. The summed E-state index contributed by atoms with van der Waals surface area (Å²) in [5.74, 6) is 0.841. The van der Waals surface area contributed by atoms with Crippen molar-refractivity contribution in [1.82, 2.24) is 9.80 Å². The monoisotopic (exact) mass is 410 g/mol. The molecule has 30 heavy (non-hydrogen) atoms. The van der Waals surface area contributed by atoms with E-state index in [4.69, 9.17) is 9.47 Å². The van der Waals surface area contributed by atoms with Crippen LogP contribution >= 0.6 is 0 Å². The first-order chi connectivity index (χ1) is 14.6. The van der Waals surface area contributed by atoms with Crippen LogP contribution < -0.4 is 9.47 Å². The highest BCUT2D eigenvalue weighted by molar-refractivity contribution is 6.21. The summed E-state index contributed by atoms with van der Waals surface area (Å²) >= 11 is 0. The van der Waals surface area contributed by atoms with Crippen molar-refractivity contribution < 1.29 is 24.2 Å². The van der Waals surface area contributed by atoms with E-state index in [0.29, 0.717) is 55.1 Å². The van der Waals surface area contributed by atoms with Crippen LogP contribution in [0.15, 0.2) is 48.5 Å². The molecule has 0 bridgehead atoms. The summed E-state index contributed by atoms with van der Waals surface area (Å²) in [6.07, 6.45) is 0.752. The first-order valence-electron chi connectivity index (χ1n) is 10.2. The molecule has 2 aliphatic heterocycles. The third-order valence-electron chi connectivity index (χ3n) is 5.72. The maximum atomic E-state index is 12.7. The second kappa shape index (κ2) is 8.85. The van der Waals surface area contributed by atoms with Gasteiger partial charge >= 0.3 is 0 Å². The molecule has 2 aromatic carbocycles. The minimum atomic E-state index is -0.647. The number of amides is 2. The molecule has 2 aromatic rings. The second-order valence-corrected chi connectivity index (χ2v) is 7.67. The number of para-hydroxylation sites is 2. The fourth-order valence-corrected chi connectivity index (χ4v) is 4.17. The van der Waals surface area contributed by atoms with E-state index in [0.717, 1.165) is 0 Å². The number of carbonyl (C=O) groups is 2. The zero-order valence-corrected chi connectivity index (χ0v) is 17.0. The number of methoxy groups -OCH3 is 1. The Labute approximate surface area is 175 Å². The summed E-state index contributed by atoms with van der Waals surface area (Å²) in [4.78, 5) is 28.9. The number of nitrogens with zero attached hydrogens (tertiary/aromatic N) is 2. The largest absolute Gasteiger partial charge is 0.493 e. The molecule has 0 aromatic heterocycles. The zero-order chi connectivity index (χ0) is 21.1. The average Bonchev–Trinajstić information content (AvgIpc) is 3.03. The van der Waals surface area contributed by atoms with Crippen LogP contribution in [0.2, 0.25) is 0 Å². The van der Waals surface area contributed by atoms with E-state index in [1.807, 2.05) is 18.2 Å². The molecular weight excluding hydrogens is 384 g/mol. The van der Waals surface area contributed by atoms with Crippen LogP contribution in [-0.4, -0.2) is 72.2 Å². The fourth-order valence-electron chi connectivity index (χ4n) is 4.17. The molecule has 0 radical (unpaired) electrons. The van der Waals surface area contributed by atoms with E-state index in [1.165, 1.54) is 4.90 Å². The minimum Gasteiger partial charge on any atom is -0.493 e. The van der Waals surface area contributed by atoms with Crippen molar-refractivity contribution in [3.05, 3.63) is 59.7 Å². The van der Waals surface area contributed by atoms with Gasteiger partial charge in [0.2, 0.25) is 0 Å². The average molecular weight is 410 g/mol. The van der Waals surface area contributed by atoms with Gasteiger partial charge in [0.15, 0.2) is 11.5 Å². The van der Waals surface area contributed by atoms with Crippen molar-refractivity contribution in [3.63, 3.8) is 0 Å². The van der Waals surface area contributed by atoms with Crippen molar-refractivity contribution in [2.45, 2.75) is 25.0 Å². The highest BCUT2D eigenvalue weighted by Gasteiger charge is 2.40. The molecule has 7 heteroatoms. The normalized spacial score (nSPS) is 18.4. The molecule has 0 spiro atoms. The number of ether oxygens (including phenoxy) is 2. The van der Waals surface area contributed by atoms with E-state index in [1.54, 1.807) is 37.4 Å².